The predicted octanol–water partition coefficient (Wildman–Crippen LogP) is 6.96. The van der Waals surface area contributed by atoms with E-state index in [-0.39, 0.29) is 18.1 Å². The number of hydrogen-bond donors (Lipinski definition) is 0. The van der Waals surface area contributed by atoms with Gasteiger partial charge in [-0.25, -0.2) is 0 Å². The van der Waals surface area contributed by atoms with Crippen molar-refractivity contribution in [1.82, 2.24) is 0 Å². The highest BCUT2D eigenvalue weighted by Gasteiger charge is 2.14. The summed E-state index contributed by atoms with van der Waals surface area (Å²) < 4.78 is 84.2. The van der Waals surface area contributed by atoms with Gasteiger partial charge in [0.25, 0.3) is 10.1 Å². The van der Waals surface area contributed by atoms with Gasteiger partial charge in [0, 0.05) is 6.61 Å². The highest BCUT2D eigenvalue weighted by Crippen LogP contribution is 2.14. The van der Waals surface area contributed by atoms with Gasteiger partial charge in [0.1, 0.15) is 0 Å². The SMILES string of the molecule is CCCCCCCCCCCCCCCOCCOCCOCCOCCOCCOCCOCCOCCOCCOCCOS(=O)(=O)c1ccc(C)cc1. The van der Waals surface area contributed by atoms with Gasteiger partial charge in [-0.05, 0) is 25.5 Å². The van der Waals surface area contributed by atoms with Gasteiger partial charge in [-0.15, -0.1) is 0 Å². The second-order valence-corrected chi connectivity index (χ2v) is 15.1. The average molecular weight is 823 g/mol. The topological polar surface area (TPSA) is 136 Å². The molecule has 0 amide bonds. The van der Waals surface area contributed by atoms with Crippen LogP contribution in [0.15, 0.2) is 29.2 Å². The Kier molecular flexibility index (Phi) is 39.4. The molecule has 1 rings (SSSR count). The van der Waals surface area contributed by atoms with Crippen LogP contribution in [-0.4, -0.2) is 147 Å². The lowest BCUT2D eigenvalue weighted by molar-refractivity contribution is -0.0267. The van der Waals surface area contributed by atoms with Gasteiger partial charge in [-0.3, -0.25) is 4.18 Å². The van der Waals surface area contributed by atoms with Crippen LogP contribution in [0.2, 0.25) is 0 Å². The van der Waals surface area contributed by atoms with Gasteiger partial charge in [0.05, 0.1) is 137 Å². The molecule has 14 heteroatoms. The van der Waals surface area contributed by atoms with Crippen molar-refractivity contribution < 1.29 is 60.0 Å². The van der Waals surface area contributed by atoms with Crippen molar-refractivity contribution in [3.63, 3.8) is 0 Å². The predicted molar refractivity (Wildman–Crippen MR) is 218 cm³/mol. The minimum atomic E-state index is -3.77. The molecule has 0 spiro atoms. The van der Waals surface area contributed by atoms with Gasteiger partial charge in [-0.2, -0.15) is 8.42 Å². The highest BCUT2D eigenvalue weighted by atomic mass is 32.2. The van der Waals surface area contributed by atoms with Crippen molar-refractivity contribution in [2.45, 2.75) is 102 Å². The maximum Gasteiger partial charge on any atom is 0.297 e. The summed E-state index contributed by atoms with van der Waals surface area (Å²) >= 11 is 0. The van der Waals surface area contributed by atoms with Gasteiger partial charge < -0.3 is 47.4 Å². The number of aryl methyl sites for hydroxylation is 1. The van der Waals surface area contributed by atoms with E-state index in [0.29, 0.717) is 119 Å². The van der Waals surface area contributed by atoms with Crippen molar-refractivity contribution in [1.29, 1.82) is 0 Å². The monoisotopic (exact) mass is 823 g/mol. The van der Waals surface area contributed by atoms with E-state index in [0.717, 1.165) is 18.6 Å². The molecule has 330 valence electrons. The zero-order valence-corrected chi connectivity index (χ0v) is 35.9. The van der Waals surface area contributed by atoms with Gasteiger partial charge in [0.2, 0.25) is 0 Å². The lowest BCUT2D eigenvalue weighted by atomic mass is 10.0. The number of unbranched alkanes of at least 4 members (excludes halogenated alkanes) is 12. The fourth-order valence-corrected chi connectivity index (χ4v) is 6.17. The quantitative estimate of drug-likeness (QED) is 0.0496. The summed E-state index contributed by atoms with van der Waals surface area (Å²) in [5.74, 6) is 0. The molecule has 0 aliphatic rings. The molecule has 0 aliphatic carbocycles. The number of hydrogen-bond acceptors (Lipinski definition) is 13. The maximum atomic E-state index is 12.1. The lowest BCUT2D eigenvalue weighted by Gasteiger charge is -2.09. The van der Waals surface area contributed by atoms with E-state index in [2.05, 4.69) is 6.92 Å². The van der Waals surface area contributed by atoms with E-state index in [4.69, 9.17) is 51.6 Å². The zero-order chi connectivity index (χ0) is 40.3. The van der Waals surface area contributed by atoms with E-state index < -0.39 is 10.1 Å². The minimum Gasteiger partial charge on any atom is -0.379 e. The Morgan fingerprint density at radius 2 is 0.589 bits per heavy atom. The summed E-state index contributed by atoms with van der Waals surface area (Å²) in [6.07, 6.45) is 17.7. The van der Waals surface area contributed by atoms with Crippen LogP contribution < -0.4 is 0 Å². The number of rotatable bonds is 46. The van der Waals surface area contributed by atoms with Crippen LogP contribution in [0.4, 0.5) is 0 Å². The first-order valence-electron chi connectivity index (χ1n) is 21.3. The molecule has 1 aromatic carbocycles. The summed E-state index contributed by atoms with van der Waals surface area (Å²) in [5.41, 5.74) is 0.978. The van der Waals surface area contributed by atoms with E-state index in [1.165, 1.54) is 89.2 Å². The second-order valence-electron chi connectivity index (χ2n) is 13.5. The molecule has 0 aliphatic heterocycles. The van der Waals surface area contributed by atoms with Crippen LogP contribution in [0.5, 0.6) is 0 Å². The van der Waals surface area contributed by atoms with Gasteiger partial charge in [0.15, 0.2) is 0 Å². The molecule has 13 nitrogen and oxygen atoms in total. The molecule has 0 bridgehead atoms. The molecule has 0 saturated carbocycles. The van der Waals surface area contributed by atoms with E-state index in [9.17, 15) is 8.42 Å². The van der Waals surface area contributed by atoms with Crippen molar-refractivity contribution >= 4 is 10.1 Å². The molecule has 56 heavy (non-hydrogen) atoms. The fourth-order valence-electron chi connectivity index (χ4n) is 5.28. The normalized spacial score (nSPS) is 11.9. The Balaban J connectivity index is 1.64. The maximum absolute atomic E-state index is 12.1. The smallest absolute Gasteiger partial charge is 0.297 e. The first kappa shape index (κ1) is 52.7. The van der Waals surface area contributed by atoms with Crippen LogP contribution in [0.3, 0.4) is 0 Å². The molecule has 0 fully saturated rings. The first-order chi connectivity index (χ1) is 27.6. The summed E-state index contributed by atoms with van der Waals surface area (Å²) in [7, 11) is -3.77. The zero-order valence-electron chi connectivity index (χ0n) is 35.1. The summed E-state index contributed by atoms with van der Waals surface area (Å²) in [6, 6.07) is 6.50. The molecule has 1 aromatic rings. The summed E-state index contributed by atoms with van der Waals surface area (Å²) in [4.78, 5) is 0.131. The van der Waals surface area contributed by atoms with Crippen LogP contribution in [0, 0.1) is 6.92 Å². The van der Waals surface area contributed by atoms with Gasteiger partial charge >= 0.3 is 0 Å². The second kappa shape index (κ2) is 41.9. The third kappa shape index (κ3) is 37.0. The Labute approximate surface area is 340 Å². The van der Waals surface area contributed by atoms with Crippen molar-refractivity contribution in [3.8, 4) is 0 Å². The van der Waals surface area contributed by atoms with E-state index in [1.807, 2.05) is 6.92 Å². The standard InChI is InChI=1S/C42H78O13S/c1-3-4-5-6-7-8-9-10-11-12-13-14-15-20-45-21-22-46-23-24-47-25-26-48-27-28-49-29-30-50-31-32-51-33-34-52-35-36-53-37-38-54-39-40-55-56(43,44)42-18-16-41(2)17-19-42/h16-19H,3-15,20-40H2,1-2H3. The minimum absolute atomic E-state index is 0.0567. The van der Waals surface area contributed by atoms with Crippen molar-refractivity contribution in [2.75, 3.05) is 139 Å². The molecular weight excluding hydrogens is 745 g/mol. The average Bonchev–Trinajstić information content (AvgIpc) is 3.19. The third-order valence-electron chi connectivity index (χ3n) is 8.52. The number of benzene rings is 1. The van der Waals surface area contributed by atoms with Crippen molar-refractivity contribution in [3.05, 3.63) is 29.8 Å². The molecule has 0 unspecified atom stereocenters. The van der Waals surface area contributed by atoms with E-state index in [1.54, 1.807) is 12.1 Å². The summed E-state index contributed by atoms with van der Waals surface area (Å²) in [5, 5.41) is 0. The Bertz CT molecular complexity index is 1030. The number of ether oxygens (including phenoxy) is 10. The van der Waals surface area contributed by atoms with Crippen LogP contribution in [-0.2, 0) is 61.7 Å². The molecule has 0 saturated heterocycles. The Morgan fingerprint density at radius 3 is 0.893 bits per heavy atom. The van der Waals surface area contributed by atoms with E-state index >= 15 is 0 Å². The molecule has 0 atom stereocenters. The Hall–Kier alpha value is -1.27. The molecule has 0 radical (unpaired) electrons. The van der Waals surface area contributed by atoms with Crippen molar-refractivity contribution in [2.24, 2.45) is 0 Å². The summed E-state index contributed by atoms with van der Waals surface area (Å²) in [6.45, 7) is 14.0. The first-order valence-corrected chi connectivity index (χ1v) is 22.7. The van der Waals surface area contributed by atoms with Crippen LogP contribution in [0.1, 0.15) is 96.0 Å². The van der Waals surface area contributed by atoms with Crippen LogP contribution >= 0.6 is 0 Å². The van der Waals surface area contributed by atoms with Gasteiger partial charge in [-0.1, -0.05) is 102 Å². The third-order valence-corrected chi connectivity index (χ3v) is 9.84. The molecule has 0 N–H and O–H groups in total. The molecular formula is C42H78O13S. The Morgan fingerprint density at radius 1 is 0.339 bits per heavy atom. The van der Waals surface area contributed by atoms with Crippen LogP contribution in [0.25, 0.3) is 0 Å². The largest absolute Gasteiger partial charge is 0.379 e. The fraction of sp³-hybridized carbons (Fsp3) is 0.857. The highest BCUT2D eigenvalue weighted by molar-refractivity contribution is 7.86. The molecule has 0 aromatic heterocycles. The molecule has 0 heterocycles. The lowest BCUT2D eigenvalue weighted by Crippen LogP contribution is -2.15.